The predicted molar refractivity (Wildman–Crippen MR) is 45.5 cm³/mol. The van der Waals surface area contributed by atoms with E-state index in [1.807, 2.05) is 0 Å². The molecule has 78 valence electrons. The van der Waals surface area contributed by atoms with Gasteiger partial charge in [0, 0.05) is 21.3 Å². The molecular formula is C8H16O5. The first-order chi connectivity index (χ1) is 6.21. The Kier molecular flexibility index (Phi) is 6.70. The van der Waals surface area contributed by atoms with Crippen LogP contribution in [0.2, 0.25) is 0 Å². The van der Waals surface area contributed by atoms with Crippen LogP contribution < -0.4 is 0 Å². The summed E-state index contributed by atoms with van der Waals surface area (Å²) >= 11 is 0. The molecule has 0 fully saturated rings. The smallest absolute Gasteiger partial charge is 0.151 e. The Bertz CT molecular complexity index is 138. The molecule has 5 heteroatoms. The van der Waals surface area contributed by atoms with Gasteiger partial charge < -0.3 is 24.1 Å². The van der Waals surface area contributed by atoms with Crippen LogP contribution in [0.15, 0.2) is 0 Å². The minimum Gasteiger partial charge on any atom is -0.383 e. The van der Waals surface area contributed by atoms with Crippen LogP contribution in [0.25, 0.3) is 0 Å². The molecule has 0 aliphatic rings. The van der Waals surface area contributed by atoms with E-state index in [-0.39, 0.29) is 6.61 Å². The lowest BCUT2D eigenvalue weighted by Crippen LogP contribution is -2.43. The number of aldehydes is 1. The molecule has 0 bridgehead atoms. The molecule has 0 heterocycles. The summed E-state index contributed by atoms with van der Waals surface area (Å²) in [6.07, 6.45) is -1.92. The van der Waals surface area contributed by atoms with Gasteiger partial charge in [0.1, 0.15) is 18.3 Å². The Morgan fingerprint density at radius 3 is 2.23 bits per heavy atom. The van der Waals surface area contributed by atoms with Gasteiger partial charge in [-0.3, -0.25) is 0 Å². The number of methoxy groups -OCH3 is 3. The summed E-state index contributed by atoms with van der Waals surface area (Å²) in [6, 6.07) is 0. The van der Waals surface area contributed by atoms with Gasteiger partial charge in [0.25, 0.3) is 0 Å². The second-order valence-electron chi connectivity index (χ2n) is 2.56. The van der Waals surface area contributed by atoms with Crippen molar-refractivity contribution in [1.29, 1.82) is 0 Å². The highest BCUT2D eigenvalue weighted by Crippen LogP contribution is 2.06. The van der Waals surface area contributed by atoms with Crippen LogP contribution in [-0.4, -0.2) is 57.6 Å². The zero-order valence-electron chi connectivity index (χ0n) is 8.10. The zero-order chi connectivity index (χ0) is 10.3. The van der Waals surface area contributed by atoms with Crippen LogP contribution in [0.3, 0.4) is 0 Å². The average Bonchev–Trinajstić information content (AvgIpc) is 2.17. The minimum absolute atomic E-state index is 0.264. The number of carbonyl (C=O) groups is 1. The SMILES string of the molecule is COCC(OC)C(OC)C(O)C=O. The molecule has 0 amide bonds. The monoisotopic (exact) mass is 192 g/mol. The summed E-state index contributed by atoms with van der Waals surface area (Å²) in [4.78, 5) is 10.3. The third-order valence-electron chi connectivity index (χ3n) is 1.75. The first kappa shape index (κ1) is 12.5. The summed E-state index contributed by atoms with van der Waals surface area (Å²) < 4.78 is 14.8. The van der Waals surface area contributed by atoms with E-state index in [9.17, 15) is 9.90 Å². The largest absolute Gasteiger partial charge is 0.383 e. The molecule has 0 rings (SSSR count). The van der Waals surface area contributed by atoms with Gasteiger partial charge in [-0.2, -0.15) is 0 Å². The lowest BCUT2D eigenvalue weighted by Gasteiger charge is -2.25. The summed E-state index contributed by atoms with van der Waals surface area (Å²) in [5, 5.41) is 9.22. The highest BCUT2D eigenvalue weighted by atomic mass is 16.6. The molecule has 0 aromatic heterocycles. The number of hydrogen-bond acceptors (Lipinski definition) is 5. The van der Waals surface area contributed by atoms with Crippen LogP contribution in [0.1, 0.15) is 0 Å². The van der Waals surface area contributed by atoms with E-state index in [4.69, 9.17) is 14.2 Å². The Labute approximate surface area is 77.6 Å². The summed E-state index contributed by atoms with van der Waals surface area (Å²) in [7, 11) is 4.37. The van der Waals surface area contributed by atoms with E-state index < -0.39 is 18.3 Å². The number of carbonyl (C=O) groups excluding carboxylic acids is 1. The fourth-order valence-corrected chi connectivity index (χ4v) is 1.05. The molecule has 1 N–H and O–H groups in total. The lowest BCUT2D eigenvalue weighted by molar-refractivity contribution is -0.137. The third-order valence-corrected chi connectivity index (χ3v) is 1.75. The number of aliphatic hydroxyl groups excluding tert-OH is 1. The minimum atomic E-state index is -1.19. The first-order valence-corrected chi connectivity index (χ1v) is 3.89. The molecule has 3 atom stereocenters. The van der Waals surface area contributed by atoms with Gasteiger partial charge >= 0.3 is 0 Å². The van der Waals surface area contributed by atoms with E-state index in [1.165, 1.54) is 21.3 Å². The van der Waals surface area contributed by atoms with E-state index >= 15 is 0 Å². The van der Waals surface area contributed by atoms with Gasteiger partial charge in [0.05, 0.1) is 6.61 Å². The van der Waals surface area contributed by atoms with Gasteiger partial charge in [-0.25, -0.2) is 0 Å². The Morgan fingerprint density at radius 1 is 1.31 bits per heavy atom. The van der Waals surface area contributed by atoms with E-state index in [2.05, 4.69) is 0 Å². The summed E-state index contributed by atoms with van der Waals surface area (Å²) in [5.41, 5.74) is 0. The molecule has 0 aliphatic heterocycles. The molecule has 0 aliphatic carbocycles. The second kappa shape index (κ2) is 6.97. The number of hydrogen-bond donors (Lipinski definition) is 1. The zero-order valence-corrected chi connectivity index (χ0v) is 8.10. The topological polar surface area (TPSA) is 65.0 Å². The highest BCUT2D eigenvalue weighted by molar-refractivity contribution is 5.56. The van der Waals surface area contributed by atoms with Gasteiger partial charge in [-0.05, 0) is 0 Å². The Morgan fingerprint density at radius 2 is 1.92 bits per heavy atom. The molecule has 0 aromatic carbocycles. The van der Waals surface area contributed by atoms with Crippen molar-refractivity contribution in [1.82, 2.24) is 0 Å². The standard InChI is InChI=1S/C8H16O5/c1-11-5-7(12-2)8(13-3)6(10)4-9/h4,6-8,10H,5H2,1-3H3. The van der Waals surface area contributed by atoms with Crippen molar-refractivity contribution in [2.24, 2.45) is 0 Å². The molecule has 3 unspecified atom stereocenters. The van der Waals surface area contributed by atoms with Crippen LogP contribution >= 0.6 is 0 Å². The maximum absolute atomic E-state index is 10.3. The first-order valence-electron chi connectivity index (χ1n) is 3.89. The van der Waals surface area contributed by atoms with Crippen molar-refractivity contribution in [3.8, 4) is 0 Å². The average molecular weight is 192 g/mol. The molecule has 0 saturated carbocycles. The Balaban J connectivity index is 4.23. The van der Waals surface area contributed by atoms with E-state index in [0.29, 0.717) is 6.29 Å². The third kappa shape index (κ3) is 3.82. The number of rotatable bonds is 7. The van der Waals surface area contributed by atoms with Crippen molar-refractivity contribution in [3.63, 3.8) is 0 Å². The van der Waals surface area contributed by atoms with Crippen molar-refractivity contribution >= 4 is 6.29 Å². The highest BCUT2D eigenvalue weighted by Gasteiger charge is 2.27. The van der Waals surface area contributed by atoms with Gasteiger partial charge in [0.15, 0.2) is 6.29 Å². The molecule has 5 nitrogen and oxygen atoms in total. The second-order valence-corrected chi connectivity index (χ2v) is 2.56. The van der Waals surface area contributed by atoms with Gasteiger partial charge in [-0.1, -0.05) is 0 Å². The van der Waals surface area contributed by atoms with Crippen LogP contribution in [0, 0.1) is 0 Å². The normalized spacial score (nSPS) is 17.8. The molecule has 0 radical (unpaired) electrons. The van der Waals surface area contributed by atoms with Crippen LogP contribution in [0.4, 0.5) is 0 Å². The number of ether oxygens (including phenoxy) is 3. The van der Waals surface area contributed by atoms with Gasteiger partial charge in [-0.15, -0.1) is 0 Å². The number of aliphatic hydroxyl groups is 1. The lowest BCUT2D eigenvalue weighted by atomic mass is 10.1. The summed E-state index contributed by atoms with van der Waals surface area (Å²) in [6.45, 7) is 0.264. The van der Waals surface area contributed by atoms with E-state index in [1.54, 1.807) is 0 Å². The van der Waals surface area contributed by atoms with Gasteiger partial charge in [0.2, 0.25) is 0 Å². The quantitative estimate of drug-likeness (QED) is 0.536. The molecule has 0 spiro atoms. The van der Waals surface area contributed by atoms with Crippen molar-refractivity contribution in [2.45, 2.75) is 18.3 Å². The molecule has 0 saturated heterocycles. The maximum atomic E-state index is 10.3. The predicted octanol–water partition coefficient (Wildman–Crippen LogP) is -0.777. The molecular weight excluding hydrogens is 176 g/mol. The summed E-state index contributed by atoms with van der Waals surface area (Å²) in [5.74, 6) is 0. The van der Waals surface area contributed by atoms with Crippen molar-refractivity contribution in [3.05, 3.63) is 0 Å². The van der Waals surface area contributed by atoms with E-state index in [0.717, 1.165) is 0 Å². The van der Waals surface area contributed by atoms with Crippen LogP contribution in [0.5, 0.6) is 0 Å². The fraction of sp³-hybridized carbons (Fsp3) is 0.875. The Hall–Kier alpha value is -0.490. The van der Waals surface area contributed by atoms with Crippen molar-refractivity contribution < 1.29 is 24.1 Å². The molecule has 0 aromatic rings. The van der Waals surface area contributed by atoms with Crippen LogP contribution in [-0.2, 0) is 19.0 Å². The van der Waals surface area contributed by atoms with Crippen molar-refractivity contribution in [2.75, 3.05) is 27.9 Å². The molecule has 13 heavy (non-hydrogen) atoms. The fourth-order valence-electron chi connectivity index (χ4n) is 1.05. The maximum Gasteiger partial charge on any atom is 0.151 e.